The van der Waals surface area contributed by atoms with E-state index in [-0.39, 0.29) is 0 Å². The van der Waals surface area contributed by atoms with Crippen molar-refractivity contribution in [1.29, 1.82) is 0 Å². The summed E-state index contributed by atoms with van der Waals surface area (Å²) in [6, 6.07) is 0. The second-order valence-corrected chi connectivity index (χ2v) is 2.55. The van der Waals surface area contributed by atoms with Crippen molar-refractivity contribution >= 4 is 11.6 Å². The zero-order valence-electron chi connectivity index (χ0n) is 5.94. The van der Waals surface area contributed by atoms with Gasteiger partial charge in [0.1, 0.15) is 0 Å². The number of allylic oxidation sites excluding steroid dienone is 1. The average molecular weight is 156 g/mol. The van der Waals surface area contributed by atoms with Crippen molar-refractivity contribution in [3.05, 3.63) is 12.2 Å². The Morgan fingerprint density at radius 3 is 2.36 bits per heavy atom. The van der Waals surface area contributed by atoms with Crippen LogP contribution in [-0.4, -0.2) is 27.6 Å². The average Bonchev–Trinajstić information content (AvgIpc) is 1.95. The van der Waals surface area contributed by atoms with Crippen molar-refractivity contribution in [2.75, 3.05) is 0 Å². The zero-order valence-corrected chi connectivity index (χ0v) is 5.94. The number of aliphatic hydroxyl groups is 2. The maximum absolute atomic E-state index is 10.8. The maximum Gasteiger partial charge on any atom is 0.238 e. The molecule has 0 aromatic carbocycles. The van der Waals surface area contributed by atoms with Gasteiger partial charge in [-0.05, 0) is 19.1 Å². The molecule has 4 nitrogen and oxygen atoms in total. The molecule has 0 aliphatic heterocycles. The normalized spacial score (nSPS) is 29.2. The molecule has 0 aromatic rings. The standard InChI is InChI=1S/C7H8O4/c1-4-5(8)2-3-6(9)7(4,10)11/h2-4,10-11H,1H3. The van der Waals surface area contributed by atoms with Crippen LogP contribution in [0, 0.1) is 5.92 Å². The summed E-state index contributed by atoms with van der Waals surface area (Å²) in [6.07, 6.45) is 1.93. The first kappa shape index (κ1) is 8.10. The van der Waals surface area contributed by atoms with E-state index in [1.165, 1.54) is 6.92 Å². The highest BCUT2D eigenvalue weighted by Crippen LogP contribution is 2.21. The van der Waals surface area contributed by atoms with Gasteiger partial charge in [0.05, 0.1) is 5.92 Å². The van der Waals surface area contributed by atoms with Crippen LogP contribution in [0.15, 0.2) is 12.2 Å². The van der Waals surface area contributed by atoms with Gasteiger partial charge < -0.3 is 10.2 Å². The summed E-state index contributed by atoms with van der Waals surface area (Å²) in [6.45, 7) is 1.30. The molecule has 1 aliphatic rings. The number of carbonyl (C=O) groups excluding carboxylic acids is 2. The van der Waals surface area contributed by atoms with Crippen LogP contribution in [-0.2, 0) is 9.59 Å². The number of hydrogen-bond acceptors (Lipinski definition) is 4. The molecule has 0 bridgehead atoms. The highest BCUT2D eigenvalue weighted by molar-refractivity contribution is 6.09. The van der Waals surface area contributed by atoms with Crippen molar-refractivity contribution in [1.82, 2.24) is 0 Å². The SMILES string of the molecule is CC1C(=O)C=CC(=O)C1(O)O. The lowest BCUT2D eigenvalue weighted by atomic mass is 9.88. The molecule has 1 aliphatic carbocycles. The first-order chi connectivity index (χ1) is 4.96. The predicted molar refractivity (Wildman–Crippen MR) is 35.5 cm³/mol. The lowest BCUT2D eigenvalue weighted by Crippen LogP contribution is -2.49. The number of carbonyl (C=O) groups is 2. The molecule has 0 aromatic heterocycles. The Balaban J connectivity index is 3.07. The van der Waals surface area contributed by atoms with Gasteiger partial charge in [-0.25, -0.2) is 0 Å². The van der Waals surface area contributed by atoms with E-state index in [2.05, 4.69) is 0 Å². The van der Waals surface area contributed by atoms with E-state index in [1.807, 2.05) is 0 Å². The Bertz CT molecular complexity index is 239. The summed E-state index contributed by atoms with van der Waals surface area (Å²) in [5.74, 6) is -4.87. The summed E-state index contributed by atoms with van der Waals surface area (Å²) in [5.41, 5.74) is 0. The van der Waals surface area contributed by atoms with Gasteiger partial charge in [-0.3, -0.25) is 9.59 Å². The second-order valence-electron chi connectivity index (χ2n) is 2.55. The van der Waals surface area contributed by atoms with Crippen LogP contribution in [0.4, 0.5) is 0 Å². The third kappa shape index (κ3) is 1.10. The van der Waals surface area contributed by atoms with Crippen LogP contribution in [0.2, 0.25) is 0 Å². The van der Waals surface area contributed by atoms with Gasteiger partial charge in [0, 0.05) is 0 Å². The molecule has 0 radical (unpaired) electrons. The van der Waals surface area contributed by atoms with Gasteiger partial charge in [0.25, 0.3) is 0 Å². The van der Waals surface area contributed by atoms with Gasteiger partial charge in [0.15, 0.2) is 5.78 Å². The molecule has 1 unspecified atom stereocenters. The minimum absolute atomic E-state index is 0.449. The Morgan fingerprint density at radius 1 is 1.36 bits per heavy atom. The molecule has 4 heteroatoms. The van der Waals surface area contributed by atoms with E-state index >= 15 is 0 Å². The van der Waals surface area contributed by atoms with E-state index in [9.17, 15) is 9.59 Å². The van der Waals surface area contributed by atoms with Crippen molar-refractivity contribution < 1.29 is 19.8 Å². The van der Waals surface area contributed by atoms with Crippen LogP contribution < -0.4 is 0 Å². The van der Waals surface area contributed by atoms with Crippen LogP contribution in [0.3, 0.4) is 0 Å². The van der Waals surface area contributed by atoms with Gasteiger partial charge in [0.2, 0.25) is 11.6 Å². The summed E-state index contributed by atoms with van der Waals surface area (Å²) < 4.78 is 0. The number of rotatable bonds is 0. The summed E-state index contributed by atoms with van der Waals surface area (Å²) >= 11 is 0. The third-order valence-electron chi connectivity index (χ3n) is 1.79. The van der Waals surface area contributed by atoms with Gasteiger partial charge in [-0.2, -0.15) is 0 Å². The molecule has 0 heterocycles. The highest BCUT2D eigenvalue weighted by Gasteiger charge is 2.43. The Labute approximate surface area is 63.1 Å². The molecule has 0 saturated heterocycles. The predicted octanol–water partition coefficient (Wildman–Crippen LogP) is -0.989. The van der Waals surface area contributed by atoms with Gasteiger partial charge in [-0.1, -0.05) is 0 Å². The number of ketones is 2. The largest absolute Gasteiger partial charge is 0.359 e. The lowest BCUT2D eigenvalue weighted by Gasteiger charge is -2.26. The maximum atomic E-state index is 10.8. The topological polar surface area (TPSA) is 74.6 Å². The van der Waals surface area contributed by atoms with Crippen LogP contribution in [0.5, 0.6) is 0 Å². The third-order valence-corrected chi connectivity index (χ3v) is 1.79. The van der Waals surface area contributed by atoms with E-state index in [0.717, 1.165) is 12.2 Å². The summed E-state index contributed by atoms with van der Waals surface area (Å²) in [4.78, 5) is 21.5. The minimum atomic E-state index is -2.51. The molecule has 0 saturated carbocycles. The fraction of sp³-hybridized carbons (Fsp3) is 0.429. The van der Waals surface area contributed by atoms with Crippen molar-refractivity contribution in [3.8, 4) is 0 Å². The fourth-order valence-electron chi connectivity index (χ4n) is 0.837. The van der Waals surface area contributed by atoms with Crippen molar-refractivity contribution in [2.24, 2.45) is 5.92 Å². The molecule has 1 atom stereocenters. The van der Waals surface area contributed by atoms with Crippen LogP contribution >= 0.6 is 0 Å². The molecule has 1 rings (SSSR count). The smallest absolute Gasteiger partial charge is 0.238 e. The molecule has 60 valence electrons. The highest BCUT2D eigenvalue weighted by atomic mass is 16.5. The Kier molecular flexibility index (Phi) is 1.66. The van der Waals surface area contributed by atoms with Crippen molar-refractivity contribution in [2.45, 2.75) is 12.7 Å². The van der Waals surface area contributed by atoms with Crippen LogP contribution in [0.25, 0.3) is 0 Å². The molecule has 0 fully saturated rings. The summed E-state index contributed by atoms with van der Waals surface area (Å²) in [5, 5.41) is 18.0. The van der Waals surface area contributed by atoms with Crippen LogP contribution in [0.1, 0.15) is 6.92 Å². The zero-order chi connectivity index (χ0) is 8.65. The van der Waals surface area contributed by atoms with E-state index in [4.69, 9.17) is 10.2 Å². The second kappa shape index (κ2) is 2.25. The lowest BCUT2D eigenvalue weighted by molar-refractivity contribution is -0.197. The van der Waals surface area contributed by atoms with Gasteiger partial charge >= 0.3 is 0 Å². The fourth-order valence-corrected chi connectivity index (χ4v) is 0.837. The molecule has 2 N–H and O–H groups in total. The first-order valence-corrected chi connectivity index (χ1v) is 3.17. The minimum Gasteiger partial charge on any atom is -0.359 e. The molecule has 0 spiro atoms. The molecular weight excluding hydrogens is 148 g/mol. The van der Waals surface area contributed by atoms with Crippen molar-refractivity contribution in [3.63, 3.8) is 0 Å². The first-order valence-electron chi connectivity index (χ1n) is 3.17. The monoisotopic (exact) mass is 156 g/mol. The Hall–Kier alpha value is -1.00. The molecule has 11 heavy (non-hydrogen) atoms. The van der Waals surface area contributed by atoms with E-state index < -0.39 is 23.3 Å². The molecular formula is C7H8O4. The number of hydrogen-bond donors (Lipinski definition) is 2. The van der Waals surface area contributed by atoms with Gasteiger partial charge in [-0.15, -0.1) is 0 Å². The molecule has 0 amide bonds. The quantitative estimate of drug-likeness (QED) is 0.442. The van der Waals surface area contributed by atoms with E-state index in [0.29, 0.717) is 0 Å². The Morgan fingerprint density at radius 2 is 1.91 bits per heavy atom. The summed E-state index contributed by atoms with van der Waals surface area (Å²) in [7, 11) is 0. The van der Waals surface area contributed by atoms with E-state index in [1.54, 1.807) is 0 Å².